The Balaban J connectivity index is 1.43. The number of likely N-dealkylation sites (tertiary alicyclic amines) is 1. The van der Waals surface area contributed by atoms with E-state index in [4.69, 9.17) is 16.3 Å². The first kappa shape index (κ1) is 31.7. The minimum absolute atomic E-state index is 0.0425. The number of amides is 1. The van der Waals surface area contributed by atoms with Gasteiger partial charge in [-0.05, 0) is 111 Å². The molecule has 0 spiro atoms. The van der Waals surface area contributed by atoms with Crippen LogP contribution in [0.1, 0.15) is 51.9 Å². The summed E-state index contributed by atoms with van der Waals surface area (Å²) in [6.45, 7) is 4.36. The fourth-order valence-corrected chi connectivity index (χ4v) is 5.90. The van der Waals surface area contributed by atoms with E-state index in [-0.39, 0.29) is 28.3 Å². The molecule has 1 heterocycles. The Morgan fingerprint density at radius 3 is 2.51 bits per heavy atom. The highest BCUT2D eigenvalue weighted by Crippen LogP contribution is 2.27. The molecule has 1 aliphatic rings. The quantitative estimate of drug-likeness (QED) is 0.202. The Morgan fingerprint density at radius 1 is 1.07 bits per heavy atom. The van der Waals surface area contributed by atoms with Crippen LogP contribution in [-0.4, -0.2) is 57.1 Å². The summed E-state index contributed by atoms with van der Waals surface area (Å²) in [7, 11) is -4.22. The Morgan fingerprint density at radius 2 is 1.81 bits per heavy atom. The fourth-order valence-electron chi connectivity index (χ4n) is 4.73. The van der Waals surface area contributed by atoms with Gasteiger partial charge in [0.15, 0.2) is 12.4 Å². The van der Waals surface area contributed by atoms with E-state index in [2.05, 4.69) is 9.71 Å². The van der Waals surface area contributed by atoms with E-state index < -0.39 is 34.2 Å². The number of ketones is 1. The van der Waals surface area contributed by atoms with Crippen LogP contribution in [0, 0.1) is 25.2 Å². The van der Waals surface area contributed by atoms with Crippen LogP contribution in [0.15, 0.2) is 63.9 Å². The van der Waals surface area contributed by atoms with Crippen molar-refractivity contribution in [3.05, 3.63) is 87.4 Å². The second kappa shape index (κ2) is 13.8. The molecular formula is C31H30ClN4O6S-. The fraction of sp³-hybridized carbons (Fsp3) is 0.290. The highest BCUT2D eigenvalue weighted by atomic mass is 35.5. The molecule has 1 saturated heterocycles. The van der Waals surface area contributed by atoms with Gasteiger partial charge in [-0.3, -0.25) is 14.5 Å². The highest BCUT2D eigenvalue weighted by molar-refractivity contribution is 7.90. The first-order chi connectivity index (χ1) is 20.4. The van der Waals surface area contributed by atoms with Gasteiger partial charge in [0.1, 0.15) is 5.75 Å². The molecule has 224 valence electrons. The Kier molecular flexibility index (Phi) is 10.2. The van der Waals surface area contributed by atoms with Gasteiger partial charge in [-0.25, -0.2) is 0 Å². The first-order valence-corrected chi connectivity index (χ1v) is 15.4. The van der Waals surface area contributed by atoms with Crippen LogP contribution in [0.5, 0.6) is 5.75 Å². The lowest BCUT2D eigenvalue weighted by atomic mass is 9.98. The largest absolute Gasteiger partial charge is 0.860 e. The van der Waals surface area contributed by atoms with Crippen LogP contribution in [0.2, 0.25) is 5.02 Å². The number of halogens is 1. The predicted octanol–water partition coefficient (Wildman–Crippen LogP) is 4.01. The number of hydrogen-bond acceptors (Lipinski definition) is 8. The van der Waals surface area contributed by atoms with Crippen molar-refractivity contribution in [3.8, 4) is 11.8 Å². The SMILES string of the molecule is Cc1cc(C#N)cc(C(=O)c2cc(Cl)ccc2OCC(=O)Nc2ccc(S(=O)(=O)/N=C(/[O-])CN3CCCCC3)cc2C)c1. The van der Waals surface area contributed by atoms with E-state index in [1.807, 2.05) is 11.0 Å². The second-order valence-corrected chi connectivity index (χ2v) is 12.3. The number of ether oxygens (including phenoxy) is 1. The second-order valence-electron chi connectivity index (χ2n) is 10.3. The summed E-state index contributed by atoms with van der Waals surface area (Å²) in [6.07, 6.45) is 3.02. The molecule has 3 aromatic rings. The number of carbonyl (C=O) groups excluding carboxylic acids is 2. The molecule has 3 aromatic carbocycles. The van der Waals surface area contributed by atoms with Gasteiger partial charge in [-0.1, -0.05) is 18.0 Å². The van der Waals surface area contributed by atoms with Gasteiger partial charge in [-0.2, -0.15) is 18.1 Å². The van der Waals surface area contributed by atoms with E-state index in [0.717, 1.165) is 37.9 Å². The smallest absolute Gasteiger partial charge is 0.281 e. The third-order valence-electron chi connectivity index (χ3n) is 6.81. The third kappa shape index (κ3) is 8.41. The molecular weight excluding hydrogens is 592 g/mol. The maximum Gasteiger partial charge on any atom is 0.281 e. The highest BCUT2D eigenvalue weighted by Gasteiger charge is 2.19. The van der Waals surface area contributed by atoms with Crippen molar-refractivity contribution in [2.75, 3.05) is 31.6 Å². The van der Waals surface area contributed by atoms with E-state index in [0.29, 0.717) is 21.8 Å². The molecule has 12 heteroatoms. The van der Waals surface area contributed by atoms with Crippen molar-refractivity contribution in [2.45, 2.75) is 38.0 Å². The van der Waals surface area contributed by atoms with Gasteiger partial charge in [0, 0.05) is 22.8 Å². The Bertz CT molecular complexity index is 1730. The number of piperidine rings is 1. The van der Waals surface area contributed by atoms with Crippen molar-refractivity contribution in [2.24, 2.45) is 4.40 Å². The van der Waals surface area contributed by atoms with E-state index in [1.54, 1.807) is 26.0 Å². The molecule has 1 fully saturated rings. The number of aryl methyl sites for hydroxylation is 2. The maximum absolute atomic E-state index is 13.3. The van der Waals surface area contributed by atoms with Crippen LogP contribution in [-0.2, 0) is 14.8 Å². The van der Waals surface area contributed by atoms with Gasteiger partial charge in [0.2, 0.25) is 0 Å². The van der Waals surface area contributed by atoms with Crippen LogP contribution in [0.25, 0.3) is 0 Å². The van der Waals surface area contributed by atoms with Gasteiger partial charge in [0.25, 0.3) is 15.9 Å². The number of nitrogens with one attached hydrogen (secondary N) is 1. The lowest BCUT2D eigenvalue weighted by molar-refractivity contribution is -0.219. The summed E-state index contributed by atoms with van der Waals surface area (Å²) in [5, 5.41) is 24.5. The number of anilines is 1. The lowest BCUT2D eigenvalue weighted by Gasteiger charge is -2.28. The topological polar surface area (TPSA) is 152 Å². The van der Waals surface area contributed by atoms with Crippen molar-refractivity contribution < 1.29 is 27.9 Å². The average Bonchev–Trinajstić information content (AvgIpc) is 2.96. The molecule has 0 aliphatic carbocycles. The first-order valence-electron chi connectivity index (χ1n) is 13.6. The molecule has 0 unspecified atom stereocenters. The molecule has 43 heavy (non-hydrogen) atoms. The molecule has 0 radical (unpaired) electrons. The lowest BCUT2D eigenvalue weighted by Crippen LogP contribution is -2.39. The van der Waals surface area contributed by atoms with Crippen LogP contribution >= 0.6 is 11.6 Å². The van der Waals surface area contributed by atoms with E-state index in [1.165, 1.54) is 42.5 Å². The Labute approximate surface area is 255 Å². The van der Waals surface area contributed by atoms with E-state index >= 15 is 0 Å². The number of hydrogen-bond donors (Lipinski definition) is 1. The normalized spacial score (nSPS) is 14.1. The number of nitrogens with zero attached hydrogens (tertiary/aromatic N) is 3. The van der Waals surface area contributed by atoms with E-state index in [9.17, 15) is 28.4 Å². The van der Waals surface area contributed by atoms with Crippen molar-refractivity contribution in [1.82, 2.24) is 4.90 Å². The van der Waals surface area contributed by atoms with Gasteiger partial charge >= 0.3 is 0 Å². The van der Waals surface area contributed by atoms with Gasteiger partial charge in [-0.15, -0.1) is 0 Å². The van der Waals surface area contributed by atoms with Crippen molar-refractivity contribution >= 4 is 44.9 Å². The number of carbonyl (C=O) groups is 2. The predicted molar refractivity (Wildman–Crippen MR) is 161 cm³/mol. The molecule has 0 bridgehead atoms. The van der Waals surface area contributed by atoms with Crippen LogP contribution < -0.4 is 15.2 Å². The van der Waals surface area contributed by atoms with Crippen LogP contribution in [0.3, 0.4) is 0 Å². The summed E-state index contributed by atoms with van der Waals surface area (Å²) in [5.41, 5.74) is 2.24. The Hall–Kier alpha value is -4.24. The zero-order chi connectivity index (χ0) is 31.1. The molecule has 1 amide bonds. The summed E-state index contributed by atoms with van der Waals surface area (Å²) >= 11 is 6.13. The minimum atomic E-state index is -4.22. The number of nitriles is 1. The standard InChI is InChI=1S/C31H31ClN4O6S/c1-20-12-22(17-33)15-23(13-20)31(39)26-16-24(32)6-9-28(26)42-19-30(38)34-27-8-7-25(14-21(27)2)43(40,41)35-29(37)18-36-10-4-3-5-11-36/h6-9,12-16H,3-5,10-11,18-19H2,1-2H3,(H,34,38)(H,35,37)/p-1. The summed E-state index contributed by atoms with van der Waals surface area (Å²) < 4.78 is 34.6. The minimum Gasteiger partial charge on any atom is -0.860 e. The summed E-state index contributed by atoms with van der Waals surface area (Å²) in [4.78, 5) is 27.7. The third-order valence-corrected chi connectivity index (χ3v) is 8.34. The molecule has 10 nitrogen and oxygen atoms in total. The average molecular weight is 622 g/mol. The molecule has 0 aromatic heterocycles. The number of sulfonamides is 1. The molecule has 0 saturated carbocycles. The monoisotopic (exact) mass is 621 g/mol. The van der Waals surface area contributed by atoms with Crippen molar-refractivity contribution in [3.63, 3.8) is 0 Å². The molecule has 1 aliphatic heterocycles. The number of benzene rings is 3. The zero-order valence-electron chi connectivity index (χ0n) is 23.7. The maximum atomic E-state index is 13.3. The van der Waals surface area contributed by atoms with Crippen molar-refractivity contribution in [1.29, 1.82) is 5.26 Å². The summed E-state index contributed by atoms with van der Waals surface area (Å²) in [5.74, 6) is -1.58. The van der Waals surface area contributed by atoms with Gasteiger partial charge in [0.05, 0.1) is 22.1 Å². The summed E-state index contributed by atoms with van der Waals surface area (Å²) in [6, 6.07) is 15.2. The van der Waals surface area contributed by atoms with Crippen LogP contribution in [0.4, 0.5) is 5.69 Å². The van der Waals surface area contributed by atoms with Gasteiger partial charge < -0.3 is 15.2 Å². The molecule has 1 N–H and O–H groups in total. The zero-order valence-corrected chi connectivity index (χ0v) is 25.3. The molecule has 4 rings (SSSR count). The number of rotatable bonds is 10. The molecule has 0 atom stereocenters.